The topological polar surface area (TPSA) is 81.5 Å². The first-order valence-corrected chi connectivity index (χ1v) is 9.79. The van der Waals surface area contributed by atoms with E-state index in [1.54, 1.807) is 12.5 Å². The monoisotopic (exact) mass is 369 g/mol. The van der Waals surface area contributed by atoms with Crippen LogP contribution in [0.25, 0.3) is 0 Å². The van der Waals surface area contributed by atoms with Crippen LogP contribution >= 0.6 is 0 Å². The van der Waals surface area contributed by atoms with Crippen LogP contribution in [-0.2, 0) is 0 Å². The van der Waals surface area contributed by atoms with Gasteiger partial charge < -0.3 is 19.8 Å². The standard InChI is InChI=1S/C19H27N7O/c27-14-16-4-2-7-26(13-16)19-12-18(20-15-21-19)25-9-3-8-24(10-11-25)17-5-1-6-22-23-17/h1,5-6,12,15-16,27H,2-4,7-11,13-14H2. The number of aromatic nitrogens is 4. The molecule has 144 valence electrons. The van der Waals surface area contributed by atoms with Gasteiger partial charge in [0.05, 0.1) is 0 Å². The fourth-order valence-electron chi connectivity index (χ4n) is 3.94. The molecule has 4 heterocycles. The van der Waals surface area contributed by atoms with Gasteiger partial charge in [0.15, 0.2) is 5.82 Å². The molecule has 4 rings (SSSR count). The molecule has 2 fully saturated rings. The predicted molar refractivity (Wildman–Crippen MR) is 105 cm³/mol. The molecule has 1 N–H and O–H groups in total. The predicted octanol–water partition coefficient (Wildman–Crippen LogP) is 1.19. The van der Waals surface area contributed by atoms with Crippen LogP contribution in [0.1, 0.15) is 19.3 Å². The molecule has 0 radical (unpaired) electrons. The lowest BCUT2D eigenvalue weighted by molar-refractivity contribution is 0.208. The van der Waals surface area contributed by atoms with Gasteiger partial charge in [-0.15, -0.1) is 5.10 Å². The fraction of sp³-hybridized carbons (Fsp3) is 0.579. The minimum Gasteiger partial charge on any atom is -0.396 e. The lowest BCUT2D eigenvalue weighted by atomic mass is 9.99. The van der Waals surface area contributed by atoms with Gasteiger partial charge in [-0.3, -0.25) is 0 Å². The molecule has 1 unspecified atom stereocenters. The van der Waals surface area contributed by atoms with Crippen LogP contribution in [0.2, 0.25) is 0 Å². The molecule has 2 saturated heterocycles. The normalized spacial score (nSPS) is 21.2. The summed E-state index contributed by atoms with van der Waals surface area (Å²) < 4.78 is 0. The van der Waals surface area contributed by atoms with E-state index in [4.69, 9.17) is 0 Å². The Balaban J connectivity index is 1.44. The van der Waals surface area contributed by atoms with Crippen LogP contribution in [0.5, 0.6) is 0 Å². The lowest BCUT2D eigenvalue weighted by Gasteiger charge is -2.33. The zero-order chi connectivity index (χ0) is 18.5. The van der Waals surface area contributed by atoms with Crippen molar-refractivity contribution in [3.8, 4) is 0 Å². The van der Waals surface area contributed by atoms with Gasteiger partial charge in [-0.05, 0) is 37.3 Å². The number of aliphatic hydroxyl groups is 1. The number of rotatable bonds is 4. The second-order valence-corrected chi connectivity index (χ2v) is 7.28. The Labute approximate surface area is 159 Å². The number of anilines is 3. The molecule has 0 bridgehead atoms. The Morgan fingerprint density at radius 1 is 0.926 bits per heavy atom. The minimum atomic E-state index is 0.249. The Morgan fingerprint density at radius 3 is 2.41 bits per heavy atom. The van der Waals surface area contributed by atoms with Crippen molar-refractivity contribution < 1.29 is 5.11 Å². The van der Waals surface area contributed by atoms with Crippen LogP contribution in [-0.4, -0.2) is 71.1 Å². The summed E-state index contributed by atoms with van der Waals surface area (Å²) in [5.74, 6) is 3.22. The van der Waals surface area contributed by atoms with E-state index in [1.165, 1.54) is 0 Å². The summed E-state index contributed by atoms with van der Waals surface area (Å²) >= 11 is 0. The van der Waals surface area contributed by atoms with E-state index in [0.717, 1.165) is 76.0 Å². The van der Waals surface area contributed by atoms with Gasteiger partial charge in [0.2, 0.25) is 0 Å². The van der Waals surface area contributed by atoms with E-state index in [2.05, 4.69) is 40.9 Å². The molecule has 8 heteroatoms. The van der Waals surface area contributed by atoms with E-state index in [1.807, 2.05) is 12.1 Å². The maximum absolute atomic E-state index is 9.48. The maximum atomic E-state index is 9.48. The molecule has 8 nitrogen and oxygen atoms in total. The highest BCUT2D eigenvalue weighted by Crippen LogP contribution is 2.24. The van der Waals surface area contributed by atoms with Gasteiger partial charge in [0.25, 0.3) is 0 Å². The third kappa shape index (κ3) is 4.27. The van der Waals surface area contributed by atoms with E-state index >= 15 is 0 Å². The highest BCUT2D eigenvalue weighted by atomic mass is 16.3. The molecule has 2 aromatic rings. The summed E-state index contributed by atoms with van der Waals surface area (Å²) in [4.78, 5) is 15.9. The van der Waals surface area contributed by atoms with E-state index in [9.17, 15) is 5.11 Å². The summed E-state index contributed by atoms with van der Waals surface area (Å²) in [5, 5.41) is 17.7. The Morgan fingerprint density at radius 2 is 1.67 bits per heavy atom. The lowest BCUT2D eigenvalue weighted by Crippen LogP contribution is -2.37. The van der Waals surface area contributed by atoms with Crippen LogP contribution in [0, 0.1) is 5.92 Å². The SMILES string of the molecule is OCC1CCCN(c2cc(N3CCCN(c4cccnn4)CC3)ncn2)C1. The molecule has 27 heavy (non-hydrogen) atoms. The van der Waals surface area contributed by atoms with Gasteiger partial charge in [-0.1, -0.05) is 0 Å². The van der Waals surface area contributed by atoms with Crippen molar-refractivity contribution in [1.82, 2.24) is 20.2 Å². The molecule has 2 aliphatic rings. The third-order valence-corrected chi connectivity index (χ3v) is 5.44. The molecule has 1 atom stereocenters. The molecule has 2 aromatic heterocycles. The van der Waals surface area contributed by atoms with Crippen molar-refractivity contribution >= 4 is 17.5 Å². The molecular formula is C19H27N7O. The molecule has 2 aliphatic heterocycles. The quantitative estimate of drug-likeness (QED) is 0.861. The number of nitrogens with zero attached hydrogens (tertiary/aromatic N) is 7. The Kier molecular flexibility index (Phi) is 5.62. The summed E-state index contributed by atoms with van der Waals surface area (Å²) in [6, 6.07) is 6.04. The number of hydrogen-bond acceptors (Lipinski definition) is 8. The molecule has 0 spiro atoms. The summed E-state index contributed by atoms with van der Waals surface area (Å²) in [6.45, 7) is 5.84. The fourth-order valence-corrected chi connectivity index (χ4v) is 3.94. The third-order valence-electron chi connectivity index (χ3n) is 5.44. The molecule has 0 aromatic carbocycles. The van der Waals surface area contributed by atoms with Gasteiger partial charge >= 0.3 is 0 Å². The largest absolute Gasteiger partial charge is 0.396 e. The summed E-state index contributed by atoms with van der Waals surface area (Å²) in [6.07, 6.45) is 6.61. The first kappa shape index (κ1) is 17.9. The number of aliphatic hydroxyl groups excluding tert-OH is 1. The average molecular weight is 369 g/mol. The highest BCUT2D eigenvalue weighted by Gasteiger charge is 2.22. The van der Waals surface area contributed by atoms with Crippen molar-refractivity contribution in [1.29, 1.82) is 0 Å². The maximum Gasteiger partial charge on any atom is 0.151 e. The van der Waals surface area contributed by atoms with Crippen molar-refractivity contribution in [2.75, 3.05) is 60.6 Å². The zero-order valence-electron chi connectivity index (χ0n) is 15.6. The van der Waals surface area contributed by atoms with Gasteiger partial charge in [0.1, 0.15) is 18.0 Å². The molecule has 0 saturated carbocycles. The first-order chi connectivity index (χ1) is 13.3. The number of hydrogen-bond donors (Lipinski definition) is 1. The smallest absolute Gasteiger partial charge is 0.151 e. The van der Waals surface area contributed by atoms with Crippen LogP contribution in [0.4, 0.5) is 17.5 Å². The van der Waals surface area contributed by atoms with Crippen molar-refractivity contribution in [3.63, 3.8) is 0 Å². The zero-order valence-corrected chi connectivity index (χ0v) is 15.6. The van der Waals surface area contributed by atoms with E-state index in [0.29, 0.717) is 5.92 Å². The van der Waals surface area contributed by atoms with Gasteiger partial charge in [0, 0.05) is 58.1 Å². The molecular weight excluding hydrogens is 342 g/mol. The Hall–Kier alpha value is -2.48. The van der Waals surface area contributed by atoms with Gasteiger partial charge in [-0.25, -0.2) is 9.97 Å². The van der Waals surface area contributed by atoms with Crippen molar-refractivity contribution in [3.05, 3.63) is 30.7 Å². The summed E-state index contributed by atoms with van der Waals surface area (Å²) in [7, 11) is 0. The van der Waals surface area contributed by atoms with Crippen LogP contribution in [0.15, 0.2) is 30.7 Å². The minimum absolute atomic E-state index is 0.249. The van der Waals surface area contributed by atoms with Crippen LogP contribution in [0.3, 0.4) is 0 Å². The number of piperidine rings is 1. The first-order valence-electron chi connectivity index (χ1n) is 9.79. The van der Waals surface area contributed by atoms with Crippen LogP contribution < -0.4 is 14.7 Å². The Bertz CT molecular complexity index is 729. The average Bonchev–Trinajstić information content (AvgIpc) is 3.01. The van der Waals surface area contributed by atoms with E-state index < -0.39 is 0 Å². The molecule has 0 aliphatic carbocycles. The second-order valence-electron chi connectivity index (χ2n) is 7.28. The van der Waals surface area contributed by atoms with Crippen molar-refractivity contribution in [2.24, 2.45) is 5.92 Å². The molecule has 0 amide bonds. The summed E-state index contributed by atoms with van der Waals surface area (Å²) in [5.41, 5.74) is 0. The van der Waals surface area contributed by atoms with Crippen molar-refractivity contribution in [2.45, 2.75) is 19.3 Å². The highest BCUT2D eigenvalue weighted by molar-refractivity contribution is 5.51. The van der Waals surface area contributed by atoms with E-state index in [-0.39, 0.29) is 6.61 Å². The second kappa shape index (κ2) is 8.47. The van der Waals surface area contributed by atoms with Gasteiger partial charge in [-0.2, -0.15) is 5.10 Å².